The second-order valence-electron chi connectivity index (χ2n) is 4.40. The van der Waals surface area contributed by atoms with Gasteiger partial charge in [-0.15, -0.1) is 22.7 Å². The van der Waals surface area contributed by atoms with Crippen molar-refractivity contribution in [2.24, 2.45) is 0 Å². The van der Waals surface area contributed by atoms with Crippen LogP contribution in [0.3, 0.4) is 0 Å². The van der Waals surface area contributed by atoms with Crippen molar-refractivity contribution >= 4 is 39.4 Å². The summed E-state index contributed by atoms with van der Waals surface area (Å²) in [5.41, 5.74) is 0.231. The highest BCUT2D eigenvalue weighted by molar-refractivity contribution is 7.15. The predicted octanol–water partition coefficient (Wildman–Crippen LogP) is 2.83. The molecule has 0 unspecified atom stereocenters. The lowest BCUT2D eigenvalue weighted by Gasteiger charge is -2.16. The van der Waals surface area contributed by atoms with Crippen molar-refractivity contribution in [3.8, 4) is 0 Å². The molecule has 0 saturated carbocycles. The number of anilines is 1. The molecule has 3 aromatic heterocycles. The SMILES string of the molecule is CN(CCc1cccs1)c1nc2sccn2c1C(=O)O. The standard InChI is InChI=1S/C13H13N3O2S2/c1-15(5-4-9-3-2-7-19-9)11-10(12(17)18)16-6-8-20-13(16)14-11/h2-3,6-8H,4-5H2,1H3,(H,17,18). The number of nitrogens with zero attached hydrogens (tertiary/aromatic N) is 3. The van der Waals surface area contributed by atoms with Crippen LogP contribution in [0.2, 0.25) is 0 Å². The van der Waals surface area contributed by atoms with Gasteiger partial charge in [0.05, 0.1) is 0 Å². The number of carbonyl (C=O) groups is 1. The number of thiophene rings is 1. The Balaban J connectivity index is 1.86. The largest absolute Gasteiger partial charge is 0.476 e. The molecule has 0 aliphatic carbocycles. The van der Waals surface area contributed by atoms with Gasteiger partial charge in [0.1, 0.15) is 0 Å². The zero-order valence-corrected chi connectivity index (χ0v) is 12.4. The summed E-state index contributed by atoms with van der Waals surface area (Å²) in [6.45, 7) is 0.742. The lowest BCUT2D eigenvalue weighted by molar-refractivity contribution is 0.0690. The van der Waals surface area contributed by atoms with Gasteiger partial charge in [0.15, 0.2) is 16.5 Å². The number of carboxylic acid groups (broad SMARTS) is 1. The number of aromatic nitrogens is 2. The first-order chi connectivity index (χ1) is 9.66. The number of carboxylic acids is 1. The molecule has 20 heavy (non-hydrogen) atoms. The molecule has 0 amide bonds. The summed E-state index contributed by atoms with van der Waals surface area (Å²) in [4.78, 5) is 19.8. The van der Waals surface area contributed by atoms with Gasteiger partial charge in [-0.25, -0.2) is 9.78 Å². The lowest BCUT2D eigenvalue weighted by Crippen LogP contribution is -2.23. The summed E-state index contributed by atoms with van der Waals surface area (Å²) >= 11 is 3.15. The first-order valence-electron chi connectivity index (χ1n) is 6.09. The van der Waals surface area contributed by atoms with E-state index in [0.29, 0.717) is 10.8 Å². The first-order valence-corrected chi connectivity index (χ1v) is 7.85. The van der Waals surface area contributed by atoms with Crippen LogP contribution in [0.5, 0.6) is 0 Å². The average molecular weight is 307 g/mol. The third kappa shape index (κ3) is 2.30. The van der Waals surface area contributed by atoms with Crippen molar-refractivity contribution in [3.05, 3.63) is 39.7 Å². The van der Waals surface area contributed by atoms with Crippen molar-refractivity contribution < 1.29 is 9.90 Å². The minimum Gasteiger partial charge on any atom is -0.476 e. The summed E-state index contributed by atoms with van der Waals surface area (Å²) in [5, 5.41) is 13.3. The van der Waals surface area contributed by atoms with Crippen molar-refractivity contribution in [2.45, 2.75) is 6.42 Å². The summed E-state index contributed by atoms with van der Waals surface area (Å²) in [6.07, 6.45) is 2.63. The normalized spacial score (nSPS) is 11.1. The van der Waals surface area contributed by atoms with Crippen LogP contribution < -0.4 is 4.90 Å². The molecule has 0 aromatic carbocycles. The molecule has 0 atom stereocenters. The molecule has 0 fully saturated rings. The van der Waals surface area contributed by atoms with E-state index in [9.17, 15) is 9.90 Å². The minimum atomic E-state index is -0.950. The Morgan fingerprint density at radius 1 is 1.45 bits per heavy atom. The molecule has 104 valence electrons. The van der Waals surface area contributed by atoms with Gasteiger partial charge in [0, 0.05) is 30.0 Å². The zero-order valence-electron chi connectivity index (χ0n) is 10.8. The number of likely N-dealkylation sites (N-methyl/N-ethyl adjacent to an activating group) is 1. The zero-order chi connectivity index (χ0) is 14.1. The minimum absolute atomic E-state index is 0.231. The topological polar surface area (TPSA) is 57.8 Å². The quantitative estimate of drug-likeness (QED) is 0.787. The number of aromatic carboxylic acids is 1. The molecular weight excluding hydrogens is 294 g/mol. The maximum absolute atomic E-state index is 11.5. The van der Waals surface area contributed by atoms with Crippen molar-refractivity contribution in [2.75, 3.05) is 18.5 Å². The molecule has 0 saturated heterocycles. The third-order valence-electron chi connectivity index (χ3n) is 3.08. The average Bonchev–Trinajstić information content (AvgIpc) is 3.10. The monoisotopic (exact) mass is 307 g/mol. The summed E-state index contributed by atoms with van der Waals surface area (Å²) in [7, 11) is 1.88. The number of hydrogen-bond donors (Lipinski definition) is 1. The first kappa shape index (κ1) is 13.1. The van der Waals surface area contributed by atoms with Gasteiger partial charge in [-0.1, -0.05) is 6.07 Å². The van der Waals surface area contributed by atoms with E-state index in [1.807, 2.05) is 28.8 Å². The molecule has 1 N–H and O–H groups in total. The molecule has 3 heterocycles. The lowest BCUT2D eigenvalue weighted by atomic mass is 10.3. The van der Waals surface area contributed by atoms with Crippen LogP contribution in [0, 0.1) is 0 Å². The Morgan fingerprint density at radius 2 is 2.30 bits per heavy atom. The Labute approximate surface area is 123 Å². The van der Waals surface area contributed by atoms with Crippen LogP contribution in [0.25, 0.3) is 4.96 Å². The van der Waals surface area contributed by atoms with Crippen LogP contribution in [0.15, 0.2) is 29.1 Å². The molecule has 3 rings (SSSR count). The van der Waals surface area contributed by atoms with Gasteiger partial charge in [-0.05, 0) is 17.9 Å². The van der Waals surface area contributed by atoms with Crippen molar-refractivity contribution in [1.29, 1.82) is 0 Å². The molecule has 0 radical (unpaired) electrons. The Bertz CT molecular complexity index is 730. The van der Waals surface area contributed by atoms with Crippen molar-refractivity contribution in [3.63, 3.8) is 0 Å². The van der Waals surface area contributed by atoms with Crippen LogP contribution >= 0.6 is 22.7 Å². The van der Waals surface area contributed by atoms with E-state index >= 15 is 0 Å². The highest BCUT2D eigenvalue weighted by atomic mass is 32.1. The number of fused-ring (bicyclic) bond motifs is 1. The van der Waals surface area contributed by atoms with Gasteiger partial charge < -0.3 is 10.0 Å². The van der Waals surface area contributed by atoms with E-state index in [1.165, 1.54) is 16.2 Å². The highest BCUT2D eigenvalue weighted by Crippen LogP contribution is 2.24. The fraction of sp³-hybridized carbons (Fsp3) is 0.231. The summed E-state index contributed by atoms with van der Waals surface area (Å²) in [5.74, 6) is -0.422. The van der Waals surface area contributed by atoms with E-state index < -0.39 is 5.97 Å². The second kappa shape index (κ2) is 5.26. The molecule has 3 aromatic rings. The number of imidazole rings is 1. The van der Waals surface area contributed by atoms with E-state index in [4.69, 9.17) is 0 Å². The van der Waals surface area contributed by atoms with E-state index in [2.05, 4.69) is 11.1 Å². The third-order valence-corrected chi connectivity index (χ3v) is 4.77. The Hall–Kier alpha value is -1.86. The molecule has 0 aliphatic rings. The van der Waals surface area contributed by atoms with Crippen LogP contribution in [0.4, 0.5) is 5.82 Å². The number of rotatable bonds is 5. The van der Waals surface area contributed by atoms with Gasteiger partial charge in [0.2, 0.25) is 0 Å². The Morgan fingerprint density at radius 3 is 3.00 bits per heavy atom. The molecule has 0 bridgehead atoms. The molecule has 0 spiro atoms. The van der Waals surface area contributed by atoms with Crippen LogP contribution in [0.1, 0.15) is 15.4 Å². The smallest absolute Gasteiger partial charge is 0.356 e. The molecule has 7 heteroatoms. The van der Waals surface area contributed by atoms with Gasteiger partial charge in [-0.3, -0.25) is 4.40 Å². The summed E-state index contributed by atoms with van der Waals surface area (Å²) in [6, 6.07) is 4.11. The Kier molecular flexibility index (Phi) is 3.45. The van der Waals surface area contributed by atoms with Crippen LogP contribution in [-0.4, -0.2) is 34.1 Å². The second-order valence-corrected chi connectivity index (χ2v) is 6.30. The summed E-state index contributed by atoms with van der Waals surface area (Å²) < 4.78 is 1.63. The van der Waals surface area contributed by atoms with E-state index in [0.717, 1.165) is 13.0 Å². The molecule has 5 nitrogen and oxygen atoms in total. The van der Waals surface area contributed by atoms with E-state index in [-0.39, 0.29) is 5.69 Å². The molecule has 0 aliphatic heterocycles. The van der Waals surface area contributed by atoms with Gasteiger partial charge >= 0.3 is 5.97 Å². The van der Waals surface area contributed by atoms with Gasteiger partial charge in [-0.2, -0.15) is 0 Å². The van der Waals surface area contributed by atoms with Crippen molar-refractivity contribution in [1.82, 2.24) is 9.38 Å². The number of thiazole rings is 1. The molecular formula is C13H13N3O2S2. The highest BCUT2D eigenvalue weighted by Gasteiger charge is 2.22. The predicted molar refractivity (Wildman–Crippen MR) is 81.3 cm³/mol. The maximum atomic E-state index is 11.5. The maximum Gasteiger partial charge on any atom is 0.356 e. The number of hydrogen-bond acceptors (Lipinski definition) is 5. The van der Waals surface area contributed by atoms with Crippen LogP contribution in [-0.2, 0) is 6.42 Å². The van der Waals surface area contributed by atoms with E-state index in [1.54, 1.807) is 21.9 Å². The fourth-order valence-electron chi connectivity index (χ4n) is 2.08. The fourth-order valence-corrected chi connectivity index (χ4v) is 3.49. The van der Waals surface area contributed by atoms with Gasteiger partial charge in [0.25, 0.3) is 0 Å².